The number of halogens is 3. The van der Waals surface area contributed by atoms with Crippen LogP contribution in [0.5, 0.6) is 5.75 Å². The van der Waals surface area contributed by atoms with Gasteiger partial charge in [0, 0.05) is 34.4 Å². The van der Waals surface area contributed by atoms with Crippen LogP contribution in [0.4, 0.5) is 4.39 Å². The van der Waals surface area contributed by atoms with Gasteiger partial charge in [-0.2, -0.15) is 0 Å². The molecule has 1 aliphatic carbocycles. The summed E-state index contributed by atoms with van der Waals surface area (Å²) in [7, 11) is 0. The second kappa shape index (κ2) is 8.08. The van der Waals surface area contributed by atoms with E-state index in [1.807, 2.05) is 48.7 Å². The summed E-state index contributed by atoms with van der Waals surface area (Å²) in [6.45, 7) is 4.99. The van der Waals surface area contributed by atoms with E-state index in [9.17, 15) is 4.39 Å². The van der Waals surface area contributed by atoms with E-state index < -0.39 is 6.17 Å². The van der Waals surface area contributed by atoms with Gasteiger partial charge < -0.3 is 4.74 Å². The van der Waals surface area contributed by atoms with E-state index in [4.69, 9.17) is 27.9 Å². The maximum atomic E-state index is 14.0. The molecule has 5 nitrogen and oxygen atoms in total. The fourth-order valence-electron chi connectivity index (χ4n) is 4.79. The molecule has 0 radical (unpaired) electrons. The van der Waals surface area contributed by atoms with Crippen LogP contribution in [0.3, 0.4) is 0 Å². The molecular weight excluding hydrogens is 438 g/mol. The zero-order chi connectivity index (χ0) is 21.7. The molecule has 0 N–H and O–H groups in total. The third kappa shape index (κ3) is 3.81. The van der Waals surface area contributed by atoms with Crippen LogP contribution in [-0.4, -0.2) is 45.0 Å². The fourth-order valence-corrected chi connectivity index (χ4v) is 5.37. The molecule has 162 valence electrons. The highest BCUT2D eigenvalue weighted by atomic mass is 35.5. The molecule has 1 fully saturated rings. The number of benzene rings is 2. The second-order valence-corrected chi connectivity index (χ2v) is 9.11. The molecule has 0 bridgehead atoms. The van der Waals surface area contributed by atoms with Crippen molar-refractivity contribution in [3.63, 3.8) is 0 Å². The summed E-state index contributed by atoms with van der Waals surface area (Å²) in [6, 6.07) is 11.6. The van der Waals surface area contributed by atoms with Crippen LogP contribution < -0.4 is 4.74 Å². The van der Waals surface area contributed by atoms with Gasteiger partial charge in [-0.15, -0.1) is 10.2 Å². The molecule has 0 amide bonds. The van der Waals surface area contributed by atoms with E-state index in [0.29, 0.717) is 23.0 Å². The summed E-state index contributed by atoms with van der Waals surface area (Å²) < 4.78 is 22.4. The van der Waals surface area contributed by atoms with Gasteiger partial charge in [0.1, 0.15) is 29.7 Å². The van der Waals surface area contributed by atoms with Crippen LogP contribution in [0, 0.1) is 13.8 Å². The summed E-state index contributed by atoms with van der Waals surface area (Å²) in [5.74, 6) is 2.40. The van der Waals surface area contributed by atoms with Crippen molar-refractivity contribution in [2.75, 3.05) is 13.1 Å². The van der Waals surface area contributed by atoms with Gasteiger partial charge in [-0.1, -0.05) is 23.2 Å². The van der Waals surface area contributed by atoms with E-state index >= 15 is 0 Å². The number of rotatable bonds is 4. The van der Waals surface area contributed by atoms with Gasteiger partial charge in [-0.3, -0.25) is 9.47 Å². The molecule has 1 aromatic heterocycles. The molecule has 0 spiro atoms. The van der Waals surface area contributed by atoms with Crippen molar-refractivity contribution in [2.24, 2.45) is 0 Å². The van der Waals surface area contributed by atoms with Crippen LogP contribution in [-0.2, 0) is 6.42 Å². The highest BCUT2D eigenvalue weighted by Gasteiger charge is 2.42. The highest BCUT2D eigenvalue weighted by Crippen LogP contribution is 2.43. The monoisotopic (exact) mass is 460 g/mol. The van der Waals surface area contributed by atoms with Gasteiger partial charge in [0.2, 0.25) is 0 Å². The Morgan fingerprint density at radius 2 is 1.77 bits per heavy atom. The Kier molecular flexibility index (Phi) is 5.40. The van der Waals surface area contributed by atoms with Crippen molar-refractivity contribution < 1.29 is 9.13 Å². The number of hydrogen-bond acceptors (Lipinski definition) is 4. The molecule has 0 unspecified atom stereocenters. The van der Waals surface area contributed by atoms with E-state index in [0.717, 1.165) is 47.2 Å². The maximum Gasteiger partial charge on any atom is 0.140 e. The molecule has 2 aliphatic rings. The van der Waals surface area contributed by atoms with Gasteiger partial charge in [0.05, 0.1) is 6.04 Å². The SMILES string of the molecule is Cc1nnc(C)n1-c1ccc(O[C@H]2c3cc(Cl)cc(Cl)c3C[C@@H]2N2CC[C@@H](F)C2)cc1. The number of alkyl halides is 1. The summed E-state index contributed by atoms with van der Waals surface area (Å²) in [5.41, 5.74) is 3.00. The van der Waals surface area contributed by atoms with Crippen molar-refractivity contribution in [1.29, 1.82) is 0 Å². The highest BCUT2D eigenvalue weighted by molar-refractivity contribution is 6.35. The first-order valence-electron chi connectivity index (χ1n) is 10.4. The summed E-state index contributed by atoms with van der Waals surface area (Å²) in [5, 5.41) is 9.46. The average molecular weight is 461 g/mol. The lowest BCUT2D eigenvalue weighted by molar-refractivity contribution is 0.0897. The zero-order valence-corrected chi connectivity index (χ0v) is 18.9. The normalized spacial score (nSPS) is 23.3. The molecule has 1 saturated heterocycles. The number of likely N-dealkylation sites (tertiary alicyclic amines) is 1. The third-order valence-electron chi connectivity index (χ3n) is 6.24. The minimum absolute atomic E-state index is 0.0220. The second-order valence-electron chi connectivity index (χ2n) is 8.27. The minimum atomic E-state index is -0.794. The lowest BCUT2D eigenvalue weighted by Crippen LogP contribution is -2.38. The fraction of sp³-hybridized carbons (Fsp3) is 0.391. The quantitative estimate of drug-likeness (QED) is 0.531. The predicted octanol–water partition coefficient (Wildman–Crippen LogP) is 5.28. The Morgan fingerprint density at radius 3 is 2.42 bits per heavy atom. The predicted molar refractivity (Wildman–Crippen MR) is 119 cm³/mol. The molecule has 3 aromatic rings. The Labute approximate surface area is 190 Å². The minimum Gasteiger partial charge on any atom is -0.484 e. The van der Waals surface area contributed by atoms with E-state index in [1.54, 1.807) is 6.07 Å². The van der Waals surface area contributed by atoms with Crippen molar-refractivity contribution in [1.82, 2.24) is 19.7 Å². The van der Waals surface area contributed by atoms with Crippen LogP contribution >= 0.6 is 23.2 Å². The van der Waals surface area contributed by atoms with E-state index in [2.05, 4.69) is 15.1 Å². The number of nitrogens with zero attached hydrogens (tertiary/aromatic N) is 4. The Balaban J connectivity index is 1.46. The lowest BCUT2D eigenvalue weighted by Gasteiger charge is -2.30. The smallest absolute Gasteiger partial charge is 0.140 e. The Bertz CT molecular complexity index is 1100. The van der Waals surface area contributed by atoms with Gasteiger partial charge in [0.15, 0.2) is 0 Å². The van der Waals surface area contributed by atoms with Crippen LogP contribution in [0.1, 0.15) is 35.3 Å². The molecule has 3 atom stereocenters. The van der Waals surface area contributed by atoms with Crippen LogP contribution in [0.15, 0.2) is 36.4 Å². The molecule has 2 aromatic carbocycles. The molecule has 31 heavy (non-hydrogen) atoms. The average Bonchev–Trinajstić information content (AvgIpc) is 3.41. The Morgan fingerprint density at radius 1 is 1.06 bits per heavy atom. The lowest BCUT2D eigenvalue weighted by atomic mass is 10.1. The van der Waals surface area contributed by atoms with Gasteiger partial charge >= 0.3 is 0 Å². The van der Waals surface area contributed by atoms with Crippen LogP contribution in [0.2, 0.25) is 10.0 Å². The van der Waals surface area contributed by atoms with E-state index in [1.165, 1.54) is 0 Å². The first-order chi connectivity index (χ1) is 14.9. The topological polar surface area (TPSA) is 43.2 Å². The van der Waals surface area contributed by atoms with Gasteiger partial charge in [-0.05, 0) is 68.7 Å². The summed E-state index contributed by atoms with van der Waals surface area (Å²) in [4.78, 5) is 2.18. The molecule has 2 heterocycles. The third-order valence-corrected chi connectivity index (χ3v) is 6.80. The number of ether oxygens (including phenoxy) is 1. The van der Waals surface area contributed by atoms with Crippen molar-refractivity contribution >= 4 is 23.2 Å². The maximum absolute atomic E-state index is 14.0. The zero-order valence-electron chi connectivity index (χ0n) is 17.4. The first kappa shape index (κ1) is 20.7. The largest absolute Gasteiger partial charge is 0.484 e. The molecule has 0 saturated carbocycles. The molecular formula is C23H23Cl2FN4O. The standard InChI is InChI=1S/C23H23Cl2FN4O/c1-13-27-28-14(2)30(13)17-3-5-18(6-4-17)31-23-20-9-15(24)10-21(25)19(20)11-22(23)29-8-7-16(26)12-29/h3-6,9-10,16,22-23H,7-8,11-12H2,1-2H3/t16-,22+,23+/m1/s1. The summed E-state index contributed by atoms with van der Waals surface area (Å²) in [6.07, 6.45) is 0.221. The van der Waals surface area contributed by atoms with Crippen molar-refractivity contribution in [3.05, 3.63) is 69.2 Å². The Hall–Kier alpha value is -2.15. The van der Waals surface area contributed by atoms with Crippen LogP contribution in [0.25, 0.3) is 5.69 Å². The van der Waals surface area contributed by atoms with E-state index in [-0.39, 0.29) is 12.1 Å². The van der Waals surface area contributed by atoms with Crippen molar-refractivity contribution in [2.45, 2.75) is 45.0 Å². The molecule has 8 heteroatoms. The number of aromatic nitrogens is 3. The molecule has 5 rings (SSSR count). The van der Waals surface area contributed by atoms with Gasteiger partial charge in [-0.25, -0.2) is 4.39 Å². The number of fused-ring (bicyclic) bond motifs is 1. The van der Waals surface area contributed by atoms with Gasteiger partial charge in [0.25, 0.3) is 0 Å². The first-order valence-corrected chi connectivity index (χ1v) is 11.2. The number of hydrogen-bond donors (Lipinski definition) is 0. The van der Waals surface area contributed by atoms with Crippen molar-refractivity contribution in [3.8, 4) is 11.4 Å². The summed E-state index contributed by atoms with van der Waals surface area (Å²) >= 11 is 12.8. The number of aryl methyl sites for hydroxylation is 2. The molecule has 1 aliphatic heterocycles.